The first-order valence-electron chi connectivity index (χ1n) is 7.83. The fraction of sp³-hybridized carbons (Fsp3) is 0.0952. The number of benzene rings is 3. The molecule has 3 rings (SSSR count). The number of carbonyl (C=O) groups excluding carboxylic acids is 1. The van der Waals surface area contributed by atoms with E-state index >= 15 is 0 Å². The predicted molar refractivity (Wildman–Crippen MR) is 96.0 cm³/mol. The van der Waals surface area contributed by atoms with Crippen LogP contribution < -0.4 is 10.1 Å². The molecule has 0 aliphatic rings. The van der Waals surface area contributed by atoms with E-state index in [1.54, 1.807) is 7.11 Å². The van der Waals surface area contributed by atoms with Crippen LogP contribution in [0.2, 0.25) is 0 Å². The van der Waals surface area contributed by atoms with Crippen molar-refractivity contribution in [2.75, 3.05) is 7.11 Å². The highest BCUT2D eigenvalue weighted by Crippen LogP contribution is 2.20. The molecular formula is C21H19NO2. The topological polar surface area (TPSA) is 38.3 Å². The van der Waals surface area contributed by atoms with Gasteiger partial charge in [0.15, 0.2) is 0 Å². The molecule has 0 saturated carbocycles. The van der Waals surface area contributed by atoms with Crippen LogP contribution in [-0.4, -0.2) is 13.0 Å². The van der Waals surface area contributed by atoms with E-state index in [1.165, 1.54) is 0 Å². The highest BCUT2D eigenvalue weighted by Gasteiger charge is 2.07. The van der Waals surface area contributed by atoms with Crippen molar-refractivity contribution in [1.82, 2.24) is 5.32 Å². The third kappa shape index (κ3) is 3.82. The number of ether oxygens (including phenoxy) is 1. The SMILES string of the molecule is COc1cccc(CNC(=O)c2cccc(-c3ccccc3)c2)c1. The second kappa shape index (κ2) is 7.47. The van der Waals surface area contributed by atoms with Gasteiger partial charge in [-0.1, -0.05) is 54.6 Å². The zero-order chi connectivity index (χ0) is 16.8. The molecule has 3 aromatic carbocycles. The Labute approximate surface area is 141 Å². The third-order valence-corrected chi connectivity index (χ3v) is 3.82. The molecule has 0 unspecified atom stereocenters. The van der Waals surface area contributed by atoms with E-state index in [9.17, 15) is 4.79 Å². The second-order valence-corrected chi connectivity index (χ2v) is 5.48. The van der Waals surface area contributed by atoms with Gasteiger partial charge in [0.25, 0.3) is 5.91 Å². The molecule has 1 N–H and O–H groups in total. The molecule has 0 aliphatic carbocycles. The van der Waals surface area contributed by atoms with E-state index in [-0.39, 0.29) is 5.91 Å². The summed E-state index contributed by atoms with van der Waals surface area (Å²) in [5.74, 6) is 0.698. The van der Waals surface area contributed by atoms with Crippen molar-refractivity contribution in [2.24, 2.45) is 0 Å². The van der Waals surface area contributed by atoms with Crippen molar-refractivity contribution in [3.05, 3.63) is 90.0 Å². The number of methoxy groups -OCH3 is 1. The summed E-state index contributed by atoms with van der Waals surface area (Å²) in [4.78, 5) is 12.4. The summed E-state index contributed by atoms with van der Waals surface area (Å²) in [6.07, 6.45) is 0. The lowest BCUT2D eigenvalue weighted by Crippen LogP contribution is -2.22. The molecule has 120 valence electrons. The van der Waals surface area contributed by atoms with Gasteiger partial charge in [0.05, 0.1) is 7.11 Å². The number of amides is 1. The average molecular weight is 317 g/mol. The van der Waals surface area contributed by atoms with Crippen LogP contribution in [0.3, 0.4) is 0 Å². The molecule has 0 aromatic heterocycles. The van der Waals surface area contributed by atoms with Gasteiger partial charge in [0.2, 0.25) is 0 Å². The molecule has 1 amide bonds. The molecule has 24 heavy (non-hydrogen) atoms. The van der Waals surface area contributed by atoms with Crippen molar-refractivity contribution in [1.29, 1.82) is 0 Å². The molecule has 0 spiro atoms. The Bertz CT molecular complexity index is 828. The smallest absolute Gasteiger partial charge is 0.251 e. The standard InChI is InChI=1S/C21H19NO2/c1-24-20-12-5-7-16(13-20)15-22-21(23)19-11-6-10-18(14-19)17-8-3-2-4-9-17/h2-14H,15H2,1H3,(H,22,23). The first-order chi connectivity index (χ1) is 11.8. The van der Waals surface area contributed by atoms with E-state index in [2.05, 4.69) is 5.32 Å². The fourth-order valence-electron chi connectivity index (χ4n) is 2.54. The summed E-state index contributed by atoms with van der Waals surface area (Å²) >= 11 is 0. The van der Waals surface area contributed by atoms with Crippen LogP contribution in [0, 0.1) is 0 Å². The molecule has 3 aromatic rings. The zero-order valence-corrected chi connectivity index (χ0v) is 13.5. The van der Waals surface area contributed by atoms with Crippen LogP contribution in [0.5, 0.6) is 5.75 Å². The minimum atomic E-state index is -0.0874. The van der Waals surface area contributed by atoms with Crippen LogP contribution >= 0.6 is 0 Å². The van der Waals surface area contributed by atoms with E-state index in [4.69, 9.17) is 4.74 Å². The number of nitrogens with one attached hydrogen (secondary N) is 1. The molecule has 0 heterocycles. The maximum Gasteiger partial charge on any atom is 0.251 e. The van der Waals surface area contributed by atoms with E-state index in [0.29, 0.717) is 12.1 Å². The highest BCUT2D eigenvalue weighted by atomic mass is 16.5. The lowest BCUT2D eigenvalue weighted by atomic mass is 10.0. The highest BCUT2D eigenvalue weighted by molar-refractivity contribution is 5.95. The molecule has 3 heteroatoms. The first kappa shape index (κ1) is 15.8. The van der Waals surface area contributed by atoms with E-state index in [1.807, 2.05) is 78.9 Å². The van der Waals surface area contributed by atoms with Gasteiger partial charge >= 0.3 is 0 Å². The van der Waals surface area contributed by atoms with Gasteiger partial charge in [-0.25, -0.2) is 0 Å². The summed E-state index contributed by atoms with van der Waals surface area (Å²) in [7, 11) is 1.63. The van der Waals surface area contributed by atoms with Crippen LogP contribution in [0.25, 0.3) is 11.1 Å². The van der Waals surface area contributed by atoms with Crippen LogP contribution in [0.15, 0.2) is 78.9 Å². The van der Waals surface area contributed by atoms with Gasteiger partial charge in [-0.3, -0.25) is 4.79 Å². The predicted octanol–water partition coefficient (Wildman–Crippen LogP) is 4.29. The van der Waals surface area contributed by atoms with Gasteiger partial charge in [-0.05, 0) is 41.0 Å². The monoisotopic (exact) mass is 317 g/mol. The molecule has 0 radical (unpaired) electrons. The van der Waals surface area contributed by atoms with Gasteiger partial charge in [-0.15, -0.1) is 0 Å². The van der Waals surface area contributed by atoms with Crippen LogP contribution in [0.1, 0.15) is 15.9 Å². The molecule has 0 atom stereocenters. The molecule has 3 nitrogen and oxygen atoms in total. The first-order valence-corrected chi connectivity index (χ1v) is 7.83. The number of rotatable bonds is 5. The summed E-state index contributed by atoms with van der Waals surface area (Å²) in [6.45, 7) is 0.464. The van der Waals surface area contributed by atoms with Crippen molar-refractivity contribution in [2.45, 2.75) is 6.54 Å². The van der Waals surface area contributed by atoms with Gasteiger partial charge in [-0.2, -0.15) is 0 Å². The molecule has 0 aliphatic heterocycles. The van der Waals surface area contributed by atoms with Gasteiger partial charge < -0.3 is 10.1 Å². The quantitative estimate of drug-likeness (QED) is 0.762. The Hall–Kier alpha value is -3.07. The average Bonchev–Trinajstić information content (AvgIpc) is 2.67. The Morgan fingerprint density at radius 2 is 1.62 bits per heavy atom. The number of hydrogen-bond donors (Lipinski definition) is 1. The van der Waals surface area contributed by atoms with Crippen LogP contribution in [-0.2, 0) is 6.54 Å². The normalized spacial score (nSPS) is 10.2. The Kier molecular flexibility index (Phi) is 4.92. The molecular weight excluding hydrogens is 298 g/mol. The minimum absolute atomic E-state index is 0.0874. The Morgan fingerprint density at radius 1 is 0.875 bits per heavy atom. The van der Waals surface area contributed by atoms with Gasteiger partial charge in [0.1, 0.15) is 5.75 Å². The Balaban J connectivity index is 1.71. The van der Waals surface area contributed by atoms with Crippen LogP contribution in [0.4, 0.5) is 0 Å². The van der Waals surface area contributed by atoms with E-state index in [0.717, 1.165) is 22.4 Å². The molecule has 0 fully saturated rings. The summed E-state index contributed by atoms with van der Waals surface area (Å²) < 4.78 is 5.20. The van der Waals surface area contributed by atoms with Gasteiger partial charge in [0, 0.05) is 12.1 Å². The lowest BCUT2D eigenvalue weighted by molar-refractivity contribution is 0.0951. The molecule has 0 bridgehead atoms. The van der Waals surface area contributed by atoms with Crippen molar-refractivity contribution < 1.29 is 9.53 Å². The lowest BCUT2D eigenvalue weighted by Gasteiger charge is -2.08. The third-order valence-electron chi connectivity index (χ3n) is 3.82. The largest absolute Gasteiger partial charge is 0.497 e. The fourth-order valence-corrected chi connectivity index (χ4v) is 2.54. The van der Waals surface area contributed by atoms with Crippen molar-refractivity contribution in [3.63, 3.8) is 0 Å². The maximum atomic E-state index is 12.4. The van der Waals surface area contributed by atoms with Crippen molar-refractivity contribution in [3.8, 4) is 16.9 Å². The van der Waals surface area contributed by atoms with E-state index < -0.39 is 0 Å². The maximum absolute atomic E-state index is 12.4. The summed E-state index contributed by atoms with van der Waals surface area (Å²) in [6, 6.07) is 25.4. The summed E-state index contributed by atoms with van der Waals surface area (Å²) in [5, 5.41) is 2.95. The Morgan fingerprint density at radius 3 is 2.42 bits per heavy atom. The van der Waals surface area contributed by atoms with Crippen molar-refractivity contribution >= 4 is 5.91 Å². The number of carbonyl (C=O) groups is 1. The number of hydrogen-bond acceptors (Lipinski definition) is 2. The minimum Gasteiger partial charge on any atom is -0.497 e. The zero-order valence-electron chi connectivity index (χ0n) is 13.5. The summed E-state index contributed by atoms with van der Waals surface area (Å²) in [5.41, 5.74) is 3.78. The second-order valence-electron chi connectivity index (χ2n) is 5.48. The molecule has 0 saturated heterocycles.